The van der Waals surface area contributed by atoms with Crippen molar-refractivity contribution >= 4 is 0 Å². The molecule has 0 fully saturated rings. The highest BCUT2D eigenvalue weighted by molar-refractivity contribution is 5.20. The van der Waals surface area contributed by atoms with Crippen molar-refractivity contribution in [3.05, 3.63) is 47.8 Å². The second-order valence-corrected chi connectivity index (χ2v) is 4.28. The summed E-state index contributed by atoms with van der Waals surface area (Å²) in [6.07, 6.45) is 6.82. The van der Waals surface area contributed by atoms with E-state index in [4.69, 9.17) is 0 Å². The van der Waals surface area contributed by atoms with Crippen LogP contribution in [0.25, 0.3) is 0 Å². The van der Waals surface area contributed by atoms with Crippen molar-refractivity contribution < 1.29 is 0 Å². The van der Waals surface area contributed by atoms with Gasteiger partial charge in [-0.1, -0.05) is 19.9 Å². The minimum absolute atomic E-state index is 0.795. The van der Waals surface area contributed by atoms with Crippen LogP contribution in [0.1, 0.15) is 30.8 Å². The maximum Gasteiger partial charge on any atom is 0.0953 e. The van der Waals surface area contributed by atoms with E-state index < -0.39 is 0 Å². The normalized spacial score (nSPS) is 10.8. The Hall–Kier alpha value is -1.68. The number of hydrogen-bond donors (Lipinski definition) is 1. The minimum atomic E-state index is 0.795. The van der Waals surface area contributed by atoms with E-state index in [0.717, 1.165) is 37.4 Å². The minimum Gasteiger partial charge on any atom is -0.331 e. The average Bonchev–Trinajstić information content (AvgIpc) is 2.84. The molecule has 0 aliphatic rings. The number of imidazole rings is 1. The van der Waals surface area contributed by atoms with Crippen molar-refractivity contribution in [1.82, 2.24) is 19.9 Å². The van der Waals surface area contributed by atoms with Gasteiger partial charge in [-0.3, -0.25) is 4.98 Å². The zero-order valence-electron chi connectivity index (χ0n) is 11.1. The summed E-state index contributed by atoms with van der Waals surface area (Å²) in [5.74, 6) is 0. The fourth-order valence-electron chi connectivity index (χ4n) is 1.95. The van der Waals surface area contributed by atoms with E-state index in [9.17, 15) is 0 Å². The lowest BCUT2D eigenvalue weighted by atomic mass is 10.1. The fraction of sp³-hybridized carbons (Fsp3) is 0.429. The summed E-state index contributed by atoms with van der Waals surface area (Å²) >= 11 is 0. The molecular formula is C14H20N4. The Kier molecular flexibility index (Phi) is 4.47. The van der Waals surface area contributed by atoms with Crippen LogP contribution in [-0.4, -0.2) is 21.1 Å². The summed E-state index contributed by atoms with van der Waals surface area (Å²) in [6.45, 7) is 6.84. The summed E-state index contributed by atoms with van der Waals surface area (Å²) in [5, 5.41) is 3.27. The Bertz CT molecular complexity index is 490. The van der Waals surface area contributed by atoms with Crippen LogP contribution in [0, 0.1) is 0 Å². The van der Waals surface area contributed by atoms with Crippen LogP contribution in [0.5, 0.6) is 0 Å². The number of nitrogens with zero attached hydrogens (tertiary/aromatic N) is 3. The third-order valence-electron chi connectivity index (χ3n) is 2.94. The highest BCUT2D eigenvalue weighted by atomic mass is 15.1. The first-order valence-corrected chi connectivity index (χ1v) is 6.47. The Morgan fingerprint density at radius 3 is 2.94 bits per heavy atom. The van der Waals surface area contributed by atoms with Crippen molar-refractivity contribution in [3.63, 3.8) is 0 Å². The molecule has 0 aliphatic heterocycles. The first-order chi connectivity index (χ1) is 8.83. The summed E-state index contributed by atoms with van der Waals surface area (Å²) in [6, 6.07) is 4.13. The molecule has 0 spiro atoms. The van der Waals surface area contributed by atoms with Gasteiger partial charge in [0.15, 0.2) is 0 Å². The van der Waals surface area contributed by atoms with E-state index in [1.165, 1.54) is 5.56 Å². The Morgan fingerprint density at radius 2 is 2.17 bits per heavy atom. The molecule has 2 rings (SSSR count). The average molecular weight is 244 g/mol. The molecule has 0 bridgehead atoms. The van der Waals surface area contributed by atoms with Gasteiger partial charge in [-0.05, 0) is 24.6 Å². The molecule has 2 aromatic heterocycles. The van der Waals surface area contributed by atoms with Gasteiger partial charge in [-0.25, -0.2) is 4.98 Å². The van der Waals surface area contributed by atoms with Crippen LogP contribution in [0.4, 0.5) is 0 Å². The summed E-state index contributed by atoms with van der Waals surface area (Å²) in [4.78, 5) is 8.83. The highest BCUT2D eigenvalue weighted by Gasteiger charge is 2.03. The Morgan fingerprint density at radius 1 is 1.28 bits per heavy atom. The summed E-state index contributed by atoms with van der Waals surface area (Å²) < 4.78 is 2.09. The largest absolute Gasteiger partial charge is 0.331 e. The van der Waals surface area contributed by atoms with Crippen LogP contribution in [-0.2, 0) is 19.5 Å². The van der Waals surface area contributed by atoms with Gasteiger partial charge in [0, 0.05) is 18.9 Å². The molecule has 4 nitrogen and oxygen atoms in total. The van der Waals surface area contributed by atoms with Gasteiger partial charge in [0.2, 0.25) is 0 Å². The van der Waals surface area contributed by atoms with Gasteiger partial charge in [0.05, 0.1) is 24.3 Å². The number of nitrogens with one attached hydrogen (secondary N) is 1. The quantitative estimate of drug-likeness (QED) is 0.845. The van der Waals surface area contributed by atoms with Crippen molar-refractivity contribution in [2.45, 2.75) is 33.4 Å². The topological polar surface area (TPSA) is 42.7 Å². The first-order valence-electron chi connectivity index (χ1n) is 6.47. The molecule has 0 atom stereocenters. The molecule has 4 heteroatoms. The van der Waals surface area contributed by atoms with Crippen LogP contribution < -0.4 is 5.32 Å². The number of aromatic nitrogens is 3. The molecule has 0 aromatic carbocycles. The molecule has 2 heterocycles. The van der Waals surface area contributed by atoms with E-state index in [-0.39, 0.29) is 0 Å². The number of aryl methyl sites for hydroxylation is 1. The second kappa shape index (κ2) is 6.31. The van der Waals surface area contributed by atoms with Crippen LogP contribution >= 0.6 is 0 Å². The van der Waals surface area contributed by atoms with Crippen LogP contribution in [0.3, 0.4) is 0 Å². The predicted molar refractivity (Wildman–Crippen MR) is 72.3 cm³/mol. The van der Waals surface area contributed by atoms with Crippen molar-refractivity contribution in [2.24, 2.45) is 0 Å². The van der Waals surface area contributed by atoms with E-state index in [1.807, 2.05) is 18.6 Å². The van der Waals surface area contributed by atoms with E-state index in [0.29, 0.717) is 0 Å². The Labute approximate surface area is 108 Å². The second-order valence-electron chi connectivity index (χ2n) is 4.28. The van der Waals surface area contributed by atoms with E-state index >= 15 is 0 Å². The molecule has 0 unspecified atom stereocenters. The van der Waals surface area contributed by atoms with Crippen LogP contribution in [0.2, 0.25) is 0 Å². The number of hydrogen-bond acceptors (Lipinski definition) is 3. The Balaban J connectivity index is 2.06. The van der Waals surface area contributed by atoms with Gasteiger partial charge >= 0.3 is 0 Å². The molecule has 96 valence electrons. The molecular weight excluding hydrogens is 224 g/mol. The smallest absolute Gasteiger partial charge is 0.0953 e. The van der Waals surface area contributed by atoms with Gasteiger partial charge in [-0.2, -0.15) is 0 Å². The first kappa shape index (κ1) is 12.8. The monoisotopic (exact) mass is 244 g/mol. The molecule has 2 aromatic rings. The fourth-order valence-corrected chi connectivity index (χ4v) is 1.95. The molecule has 18 heavy (non-hydrogen) atoms. The van der Waals surface area contributed by atoms with Crippen molar-refractivity contribution in [2.75, 3.05) is 6.54 Å². The SMILES string of the molecule is CCNCc1cn(Cc2ncccc2CC)cn1. The lowest BCUT2D eigenvalue weighted by Gasteiger charge is -2.06. The van der Waals surface area contributed by atoms with Gasteiger partial charge in [-0.15, -0.1) is 0 Å². The maximum atomic E-state index is 4.45. The molecule has 0 amide bonds. The molecule has 1 N–H and O–H groups in total. The maximum absolute atomic E-state index is 4.45. The number of pyridine rings is 1. The van der Waals surface area contributed by atoms with Gasteiger partial charge in [0.25, 0.3) is 0 Å². The third kappa shape index (κ3) is 3.17. The highest BCUT2D eigenvalue weighted by Crippen LogP contribution is 2.08. The number of rotatable bonds is 6. The van der Waals surface area contributed by atoms with Crippen molar-refractivity contribution in [3.8, 4) is 0 Å². The molecule has 0 saturated carbocycles. The van der Waals surface area contributed by atoms with Gasteiger partial charge in [0.1, 0.15) is 0 Å². The molecule has 0 aliphatic carbocycles. The van der Waals surface area contributed by atoms with E-state index in [2.05, 4.69) is 46.0 Å². The molecule has 0 radical (unpaired) electrons. The zero-order chi connectivity index (χ0) is 12.8. The summed E-state index contributed by atoms with van der Waals surface area (Å²) in [7, 11) is 0. The zero-order valence-corrected chi connectivity index (χ0v) is 11.1. The van der Waals surface area contributed by atoms with Crippen molar-refractivity contribution in [1.29, 1.82) is 0 Å². The van der Waals surface area contributed by atoms with Crippen LogP contribution in [0.15, 0.2) is 30.9 Å². The standard InChI is InChI=1S/C14H20N4/c1-3-12-6-5-7-16-14(12)10-18-9-13(17-11-18)8-15-4-2/h5-7,9,11,15H,3-4,8,10H2,1-2H3. The third-order valence-corrected chi connectivity index (χ3v) is 2.94. The molecule has 0 saturated heterocycles. The lowest BCUT2D eigenvalue weighted by Crippen LogP contribution is -2.11. The van der Waals surface area contributed by atoms with E-state index in [1.54, 1.807) is 0 Å². The lowest BCUT2D eigenvalue weighted by molar-refractivity contribution is 0.710. The predicted octanol–water partition coefficient (Wildman–Crippen LogP) is 2.00. The van der Waals surface area contributed by atoms with Gasteiger partial charge < -0.3 is 9.88 Å². The summed E-state index contributed by atoms with van der Waals surface area (Å²) in [5.41, 5.74) is 3.51.